The van der Waals surface area contributed by atoms with E-state index in [0.717, 1.165) is 45.8 Å². The maximum Gasteiger partial charge on any atom is 0.172 e. The number of fused-ring (bicyclic) bond motifs is 15. The van der Waals surface area contributed by atoms with Crippen molar-refractivity contribution in [2.75, 3.05) is 4.90 Å². The summed E-state index contributed by atoms with van der Waals surface area (Å²) >= 11 is 0. The Hall–Kier alpha value is -8.08. The van der Waals surface area contributed by atoms with E-state index < -0.39 is 5.41 Å². The fourth-order valence-electron chi connectivity index (χ4n) is 10.9. The monoisotopic (exact) mass is 808 g/mol. The van der Waals surface area contributed by atoms with E-state index in [-0.39, 0.29) is 5.92 Å². The van der Waals surface area contributed by atoms with Crippen molar-refractivity contribution >= 4 is 33.2 Å². The smallest absolute Gasteiger partial charge is 0.172 e. The molecule has 4 nitrogen and oxygen atoms in total. The number of para-hydroxylation sites is 2. The van der Waals surface area contributed by atoms with Crippen molar-refractivity contribution < 1.29 is 9.47 Å². The Morgan fingerprint density at radius 2 is 1.14 bits per heavy atom. The minimum absolute atomic E-state index is 0.202. The number of aromatic nitrogens is 1. The summed E-state index contributed by atoms with van der Waals surface area (Å²) in [6.45, 7) is 8.26. The van der Waals surface area contributed by atoms with E-state index in [1.165, 1.54) is 55.2 Å². The first-order chi connectivity index (χ1) is 31.1. The van der Waals surface area contributed by atoms with E-state index in [4.69, 9.17) is 9.47 Å². The average molecular weight is 809 g/mol. The van der Waals surface area contributed by atoms with Gasteiger partial charge in [-0.25, -0.2) is 0 Å². The van der Waals surface area contributed by atoms with Crippen LogP contribution in [0, 0.1) is 5.92 Å². The van der Waals surface area contributed by atoms with Crippen molar-refractivity contribution in [2.45, 2.75) is 11.8 Å². The molecule has 9 aromatic rings. The molecule has 2 heterocycles. The number of hydrogen-bond donors (Lipinski definition) is 0. The lowest BCUT2D eigenvalue weighted by molar-refractivity contribution is 0.359. The molecule has 1 aromatic heterocycles. The molecule has 1 aliphatic heterocycles. The molecule has 3 aliphatic carbocycles. The van der Waals surface area contributed by atoms with Gasteiger partial charge in [0.15, 0.2) is 23.0 Å². The summed E-state index contributed by atoms with van der Waals surface area (Å²) in [6.07, 6.45) is 9.44. The van der Waals surface area contributed by atoms with Crippen LogP contribution in [0.1, 0.15) is 28.7 Å². The fraction of sp³-hybridized carbons (Fsp3) is 0.0508. The zero-order valence-corrected chi connectivity index (χ0v) is 34.5. The third kappa shape index (κ3) is 5.03. The normalized spacial score (nSPS) is 15.6. The van der Waals surface area contributed by atoms with Crippen molar-refractivity contribution in [3.8, 4) is 50.9 Å². The molecule has 0 N–H and O–H groups in total. The van der Waals surface area contributed by atoms with Crippen LogP contribution in [0.4, 0.5) is 11.4 Å². The van der Waals surface area contributed by atoms with E-state index in [1.807, 2.05) is 12.1 Å². The molecule has 0 fully saturated rings. The Bertz CT molecular complexity index is 3450. The number of anilines is 2. The van der Waals surface area contributed by atoms with Crippen LogP contribution >= 0.6 is 0 Å². The van der Waals surface area contributed by atoms with Gasteiger partial charge in [-0.05, 0) is 123 Å². The maximum atomic E-state index is 6.95. The number of allylic oxidation sites excluding steroid dienone is 5. The number of rotatable bonds is 6. The zero-order valence-electron chi connectivity index (χ0n) is 34.5. The highest BCUT2D eigenvalue weighted by molar-refractivity contribution is 6.10. The second-order valence-corrected chi connectivity index (χ2v) is 16.9. The van der Waals surface area contributed by atoms with Crippen LogP contribution in [0.3, 0.4) is 0 Å². The Balaban J connectivity index is 0.940. The Labute approximate surface area is 366 Å². The number of ether oxygens (including phenoxy) is 2. The first-order valence-electron chi connectivity index (χ1n) is 21.7. The molecular formula is C59H40N2O2. The Morgan fingerprint density at radius 3 is 1.86 bits per heavy atom. The van der Waals surface area contributed by atoms with Gasteiger partial charge in [0, 0.05) is 39.8 Å². The second kappa shape index (κ2) is 13.5. The first-order valence-corrected chi connectivity index (χ1v) is 21.7. The summed E-state index contributed by atoms with van der Waals surface area (Å²) in [5.41, 5.74) is 17.1. The van der Waals surface area contributed by atoms with Gasteiger partial charge in [-0.1, -0.05) is 141 Å². The van der Waals surface area contributed by atoms with Gasteiger partial charge in [-0.15, -0.1) is 0 Å². The van der Waals surface area contributed by atoms with Gasteiger partial charge in [0.25, 0.3) is 0 Å². The SMILES string of the molecule is C=CC(=C)[C@H]1C=CC(N(c2ccc3c(c2)Oc2cc4c(cc2O3)C2(c3ccccc3-c3ccccc32)c2ccccc2-4)c2ccc3c(c2)c2ccccc2n3-c2ccccc2)=CC1. The molecule has 63 heavy (non-hydrogen) atoms. The summed E-state index contributed by atoms with van der Waals surface area (Å²) in [4.78, 5) is 2.33. The molecule has 8 aromatic carbocycles. The lowest BCUT2D eigenvalue weighted by atomic mass is 9.70. The van der Waals surface area contributed by atoms with Gasteiger partial charge >= 0.3 is 0 Å². The molecule has 0 radical (unpaired) electrons. The number of nitrogens with zero attached hydrogens (tertiary/aromatic N) is 2. The van der Waals surface area contributed by atoms with Gasteiger partial charge < -0.3 is 18.9 Å². The molecule has 4 heteroatoms. The van der Waals surface area contributed by atoms with E-state index in [9.17, 15) is 0 Å². The summed E-state index contributed by atoms with van der Waals surface area (Å²) in [5.74, 6) is 2.97. The van der Waals surface area contributed by atoms with Crippen molar-refractivity contribution in [3.63, 3.8) is 0 Å². The predicted octanol–water partition coefficient (Wildman–Crippen LogP) is 15.4. The number of hydrogen-bond acceptors (Lipinski definition) is 3. The van der Waals surface area contributed by atoms with Gasteiger partial charge in [0.1, 0.15) is 0 Å². The molecule has 0 bridgehead atoms. The maximum absolute atomic E-state index is 6.95. The van der Waals surface area contributed by atoms with Crippen LogP contribution in [0.25, 0.3) is 49.7 Å². The lowest BCUT2D eigenvalue weighted by Gasteiger charge is -2.32. The van der Waals surface area contributed by atoms with Crippen LogP contribution in [-0.2, 0) is 5.41 Å². The van der Waals surface area contributed by atoms with Crippen molar-refractivity contribution in [3.05, 3.63) is 247 Å². The van der Waals surface area contributed by atoms with Gasteiger partial charge in [0.2, 0.25) is 0 Å². The zero-order chi connectivity index (χ0) is 41.8. The Kier molecular flexibility index (Phi) is 7.62. The molecule has 0 amide bonds. The second-order valence-electron chi connectivity index (χ2n) is 16.9. The van der Waals surface area contributed by atoms with E-state index >= 15 is 0 Å². The summed E-state index contributed by atoms with van der Waals surface area (Å²) < 4.78 is 16.2. The fourth-order valence-corrected chi connectivity index (χ4v) is 10.9. The van der Waals surface area contributed by atoms with Crippen molar-refractivity contribution in [2.24, 2.45) is 5.92 Å². The van der Waals surface area contributed by atoms with Crippen LogP contribution in [0.15, 0.2) is 225 Å². The molecule has 0 saturated carbocycles. The molecule has 298 valence electrons. The highest BCUT2D eigenvalue weighted by atomic mass is 16.6. The molecule has 13 rings (SSSR count). The van der Waals surface area contributed by atoms with Crippen LogP contribution in [0.5, 0.6) is 23.0 Å². The summed E-state index contributed by atoms with van der Waals surface area (Å²) in [7, 11) is 0. The topological polar surface area (TPSA) is 26.6 Å². The highest BCUT2D eigenvalue weighted by Gasteiger charge is 2.52. The van der Waals surface area contributed by atoms with E-state index in [0.29, 0.717) is 23.0 Å². The average Bonchev–Trinajstić information content (AvgIpc) is 3.94. The van der Waals surface area contributed by atoms with Crippen molar-refractivity contribution in [1.82, 2.24) is 4.57 Å². The number of benzene rings is 8. The first kappa shape index (κ1) is 35.7. The predicted molar refractivity (Wildman–Crippen MR) is 257 cm³/mol. The van der Waals surface area contributed by atoms with Gasteiger partial charge in [-0.3, -0.25) is 0 Å². The third-order valence-electron chi connectivity index (χ3n) is 13.7. The largest absolute Gasteiger partial charge is 0.449 e. The standard InChI is InChI=1S/C59H40N2O2/c1-3-37(2)38-25-27-40(28-26-38)60(41-29-31-54-48(33-41)46-20-10-14-24-53(46)61(54)39-15-5-4-6-16-39)42-30-32-55-56(34-42)63-57-35-47-45-19-9-13-23-51(45)59(52(47)36-58(57)62-55)49-21-11-7-17-43(49)44-18-8-12-22-50(44)59/h3-25,27-36,38H,1-2,26H2/t38-/m0/s1. The quantitative estimate of drug-likeness (QED) is 0.157. The van der Waals surface area contributed by atoms with Crippen LogP contribution in [0.2, 0.25) is 0 Å². The van der Waals surface area contributed by atoms with E-state index in [2.05, 4.69) is 211 Å². The molecule has 1 spiro atoms. The van der Waals surface area contributed by atoms with Gasteiger partial charge in [-0.2, -0.15) is 0 Å². The third-order valence-corrected chi connectivity index (χ3v) is 13.7. The minimum Gasteiger partial charge on any atom is -0.449 e. The van der Waals surface area contributed by atoms with Crippen LogP contribution in [-0.4, -0.2) is 4.57 Å². The highest BCUT2D eigenvalue weighted by Crippen LogP contribution is 2.64. The lowest BCUT2D eigenvalue weighted by Crippen LogP contribution is -2.25. The van der Waals surface area contributed by atoms with Crippen LogP contribution < -0.4 is 14.4 Å². The van der Waals surface area contributed by atoms with Gasteiger partial charge in [0.05, 0.1) is 22.1 Å². The molecule has 1 atom stereocenters. The molecule has 0 unspecified atom stereocenters. The van der Waals surface area contributed by atoms with Crippen molar-refractivity contribution in [1.29, 1.82) is 0 Å². The minimum atomic E-state index is -0.463. The summed E-state index contributed by atoms with van der Waals surface area (Å²) in [5, 5.41) is 2.38. The summed E-state index contributed by atoms with van der Waals surface area (Å²) in [6, 6.07) is 63.4. The molecular weight excluding hydrogens is 769 g/mol. The molecule has 0 saturated heterocycles. The Morgan fingerprint density at radius 1 is 0.556 bits per heavy atom. The molecule has 4 aliphatic rings. The van der Waals surface area contributed by atoms with E-state index in [1.54, 1.807) is 0 Å².